The van der Waals surface area contributed by atoms with Gasteiger partial charge in [0.1, 0.15) is 0 Å². The summed E-state index contributed by atoms with van der Waals surface area (Å²) in [5.74, 6) is -0.0316. The standard InChI is InChI=1S/C10H18N2O2/c1-3-4-7(2)12-10(14)9-5-8(13)6-11-9/h3,7-9,11,13H,1,4-6H2,2H3,(H,12,14). The van der Waals surface area contributed by atoms with E-state index in [0.29, 0.717) is 13.0 Å². The summed E-state index contributed by atoms with van der Waals surface area (Å²) in [6.45, 7) is 6.05. The molecule has 4 nitrogen and oxygen atoms in total. The SMILES string of the molecule is C=CCC(C)NC(=O)C1CC(O)CN1. The zero-order valence-corrected chi connectivity index (χ0v) is 8.49. The van der Waals surface area contributed by atoms with Crippen molar-refractivity contribution in [2.75, 3.05) is 6.54 Å². The first kappa shape index (κ1) is 11.2. The van der Waals surface area contributed by atoms with Gasteiger partial charge in [-0.3, -0.25) is 4.79 Å². The highest BCUT2D eigenvalue weighted by molar-refractivity contribution is 5.82. The van der Waals surface area contributed by atoms with Crippen molar-refractivity contribution in [2.45, 2.75) is 38.0 Å². The maximum atomic E-state index is 11.6. The largest absolute Gasteiger partial charge is 0.392 e. The van der Waals surface area contributed by atoms with Crippen molar-refractivity contribution >= 4 is 5.91 Å². The summed E-state index contributed by atoms with van der Waals surface area (Å²) in [4.78, 5) is 11.6. The number of amides is 1. The average molecular weight is 198 g/mol. The number of aliphatic hydroxyl groups excluding tert-OH is 1. The van der Waals surface area contributed by atoms with Gasteiger partial charge >= 0.3 is 0 Å². The smallest absolute Gasteiger partial charge is 0.237 e. The van der Waals surface area contributed by atoms with E-state index in [4.69, 9.17) is 0 Å². The Hall–Kier alpha value is -0.870. The van der Waals surface area contributed by atoms with Crippen LogP contribution in [0.1, 0.15) is 19.8 Å². The molecular weight excluding hydrogens is 180 g/mol. The molecule has 14 heavy (non-hydrogen) atoms. The molecule has 0 radical (unpaired) electrons. The van der Waals surface area contributed by atoms with Gasteiger partial charge in [0.2, 0.25) is 5.91 Å². The van der Waals surface area contributed by atoms with E-state index in [-0.39, 0.29) is 24.1 Å². The minimum atomic E-state index is -0.388. The van der Waals surface area contributed by atoms with E-state index in [1.807, 2.05) is 6.92 Å². The minimum Gasteiger partial charge on any atom is -0.392 e. The quantitative estimate of drug-likeness (QED) is 0.548. The van der Waals surface area contributed by atoms with Crippen LogP contribution in [0.25, 0.3) is 0 Å². The van der Waals surface area contributed by atoms with E-state index in [0.717, 1.165) is 6.42 Å². The summed E-state index contributed by atoms with van der Waals surface area (Å²) in [6, 6.07) is -0.128. The summed E-state index contributed by atoms with van der Waals surface area (Å²) in [7, 11) is 0. The van der Waals surface area contributed by atoms with Gasteiger partial charge in [0.15, 0.2) is 0 Å². The van der Waals surface area contributed by atoms with Gasteiger partial charge in [0.05, 0.1) is 12.1 Å². The average Bonchev–Trinajstić information content (AvgIpc) is 2.52. The molecule has 3 unspecified atom stereocenters. The fraction of sp³-hybridized carbons (Fsp3) is 0.700. The third-order valence-corrected chi connectivity index (χ3v) is 2.33. The van der Waals surface area contributed by atoms with Crippen LogP contribution in [0, 0.1) is 0 Å². The van der Waals surface area contributed by atoms with Crippen LogP contribution in [0.3, 0.4) is 0 Å². The maximum Gasteiger partial charge on any atom is 0.237 e. The second-order valence-electron chi connectivity index (χ2n) is 3.78. The maximum absolute atomic E-state index is 11.6. The highest BCUT2D eigenvalue weighted by Gasteiger charge is 2.28. The molecule has 0 spiro atoms. The molecule has 0 aromatic rings. The lowest BCUT2D eigenvalue weighted by molar-refractivity contribution is -0.123. The van der Waals surface area contributed by atoms with Gasteiger partial charge in [-0.15, -0.1) is 6.58 Å². The molecule has 80 valence electrons. The van der Waals surface area contributed by atoms with Gasteiger partial charge in [-0.05, 0) is 19.8 Å². The lowest BCUT2D eigenvalue weighted by Gasteiger charge is -2.15. The Morgan fingerprint density at radius 1 is 1.86 bits per heavy atom. The number of hydrogen-bond acceptors (Lipinski definition) is 3. The van der Waals surface area contributed by atoms with Gasteiger partial charge < -0.3 is 15.7 Å². The molecule has 4 heteroatoms. The number of rotatable bonds is 4. The molecule has 1 aliphatic rings. The zero-order chi connectivity index (χ0) is 10.6. The normalized spacial score (nSPS) is 28.4. The number of aliphatic hydroxyl groups is 1. The van der Waals surface area contributed by atoms with E-state index in [1.165, 1.54) is 0 Å². The summed E-state index contributed by atoms with van der Waals surface area (Å²) in [6.07, 6.45) is 2.66. The van der Waals surface area contributed by atoms with Crippen molar-refractivity contribution < 1.29 is 9.90 Å². The predicted octanol–water partition coefficient (Wildman–Crippen LogP) is -0.210. The van der Waals surface area contributed by atoms with Crippen molar-refractivity contribution in [3.05, 3.63) is 12.7 Å². The van der Waals surface area contributed by atoms with Crippen LogP contribution < -0.4 is 10.6 Å². The molecule has 1 aliphatic heterocycles. The molecule has 1 rings (SSSR count). The van der Waals surface area contributed by atoms with Gasteiger partial charge in [-0.1, -0.05) is 6.08 Å². The number of β-amino-alcohol motifs (C(OH)–C–C–N with tert-alkyl or cyclic N) is 1. The highest BCUT2D eigenvalue weighted by atomic mass is 16.3. The van der Waals surface area contributed by atoms with E-state index in [2.05, 4.69) is 17.2 Å². The molecule has 0 aromatic carbocycles. The molecule has 3 N–H and O–H groups in total. The Morgan fingerprint density at radius 3 is 3.07 bits per heavy atom. The number of carbonyl (C=O) groups excluding carboxylic acids is 1. The topological polar surface area (TPSA) is 61.4 Å². The summed E-state index contributed by atoms with van der Waals surface area (Å²) in [5, 5.41) is 15.1. The molecule has 0 bridgehead atoms. The third kappa shape index (κ3) is 3.12. The first-order valence-corrected chi connectivity index (χ1v) is 4.96. The van der Waals surface area contributed by atoms with Crippen LogP contribution in [-0.2, 0) is 4.79 Å². The Labute approximate surface area is 84.4 Å². The molecule has 0 aromatic heterocycles. The fourth-order valence-corrected chi connectivity index (χ4v) is 1.57. The molecule has 1 amide bonds. The third-order valence-electron chi connectivity index (χ3n) is 2.33. The molecule has 3 atom stereocenters. The number of carbonyl (C=O) groups is 1. The molecule has 0 aliphatic carbocycles. The van der Waals surface area contributed by atoms with Gasteiger partial charge in [0, 0.05) is 12.6 Å². The fourth-order valence-electron chi connectivity index (χ4n) is 1.57. The monoisotopic (exact) mass is 198 g/mol. The first-order chi connectivity index (χ1) is 6.63. The summed E-state index contributed by atoms with van der Waals surface area (Å²) >= 11 is 0. The first-order valence-electron chi connectivity index (χ1n) is 4.96. The van der Waals surface area contributed by atoms with E-state index in [1.54, 1.807) is 6.08 Å². The van der Waals surface area contributed by atoms with Crippen molar-refractivity contribution in [3.8, 4) is 0 Å². The van der Waals surface area contributed by atoms with Crippen molar-refractivity contribution in [1.82, 2.24) is 10.6 Å². The van der Waals surface area contributed by atoms with E-state index in [9.17, 15) is 9.90 Å². The van der Waals surface area contributed by atoms with E-state index >= 15 is 0 Å². The van der Waals surface area contributed by atoms with Gasteiger partial charge in [-0.25, -0.2) is 0 Å². The Kier molecular flexibility index (Phi) is 4.10. The Bertz CT molecular complexity index is 218. The van der Waals surface area contributed by atoms with Crippen molar-refractivity contribution in [3.63, 3.8) is 0 Å². The predicted molar refractivity (Wildman–Crippen MR) is 54.8 cm³/mol. The van der Waals surface area contributed by atoms with E-state index < -0.39 is 0 Å². The van der Waals surface area contributed by atoms with Crippen LogP contribution in [0.5, 0.6) is 0 Å². The van der Waals surface area contributed by atoms with Crippen LogP contribution in [-0.4, -0.2) is 35.7 Å². The second-order valence-corrected chi connectivity index (χ2v) is 3.78. The highest BCUT2D eigenvalue weighted by Crippen LogP contribution is 2.06. The summed E-state index contributed by atoms with van der Waals surface area (Å²) in [5.41, 5.74) is 0. The lowest BCUT2D eigenvalue weighted by Crippen LogP contribution is -2.44. The molecule has 1 saturated heterocycles. The Morgan fingerprint density at radius 2 is 2.57 bits per heavy atom. The van der Waals surface area contributed by atoms with Crippen LogP contribution in [0.2, 0.25) is 0 Å². The Balaban J connectivity index is 2.31. The van der Waals surface area contributed by atoms with Crippen molar-refractivity contribution in [2.24, 2.45) is 0 Å². The van der Waals surface area contributed by atoms with Crippen LogP contribution >= 0.6 is 0 Å². The lowest BCUT2D eigenvalue weighted by atomic mass is 10.1. The number of hydrogen-bond donors (Lipinski definition) is 3. The molecular formula is C10H18N2O2. The molecule has 1 heterocycles. The van der Waals surface area contributed by atoms with Gasteiger partial charge in [0.25, 0.3) is 0 Å². The number of nitrogens with one attached hydrogen (secondary N) is 2. The summed E-state index contributed by atoms with van der Waals surface area (Å²) < 4.78 is 0. The molecule has 0 saturated carbocycles. The minimum absolute atomic E-state index is 0.0316. The van der Waals surface area contributed by atoms with Crippen LogP contribution in [0.4, 0.5) is 0 Å². The zero-order valence-electron chi connectivity index (χ0n) is 8.49. The van der Waals surface area contributed by atoms with Crippen molar-refractivity contribution in [1.29, 1.82) is 0 Å². The van der Waals surface area contributed by atoms with Crippen LogP contribution in [0.15, 0.2) is 12.7 Å². The second kappa shape index (κ2) is 5.12. The molecule has 1 fully saturated rings. The van der Waals surface area contributed by atoms with Gasteiger partial charge in [-0.2, -0.15) is 0 Å².